The molecule has 0 aromatic heterocycles. The molecule has 0 spiro atoms. The van der Waals surface area contributed by atoms with Gasteiger partial charge in [0.1, 0.15) is 0 Å². The van der Waals surface area contributed by atoms with Crippen LogP contribution < -0.4 is 14.4 Å². The fourth-order valence-corrected chi connectivity index (χ4v) is 2.99. The number of amides is 1. The van der Waals surface area contributed by atoms with Crippen molar-refractivity contribution in [2.24, 2.45) is 0 Å². The lowest BCUT2D eigenvalue weighted by Crippen LogP contribution is -2.28. The van der Waals surface area contributed by atoms with Gasteiger partial charge >= 0.3 is 6.09 Å². The van der Waals surface area contributed by atoms with Crippen molar-refractivity contribution in [3.63, 3.8) is 0 Å². The van der Waals surface area contributed by atoms with Crippen LogP contribution in [0.15, 0.2) is 36.4 Å². The summed E-state index contributed by atoms with van der Waals surface area (Å²) >= 11 is 0. The zero-order valence-corrected chi connectivity index (χ0v) is 13.5. The van der Waals surface area contributed by atoms with Crippen LogP contribution in [0, 0.1) is 0 Å². The van der Waals surface area contributed by atoms with E-state index in [2.05, 4.69) is 0 Å². The summed E-state index contributed by atoms with van der Waals surface area (Å²) in [6.45, 7) is 0.631. The first-order valence-electron chi connectivity index (χ1n) is 7.39. The van der Waals surface area contributed by atoms with Crippen molar-refractivity contribution in [3.05, 3.63) is 42.0 Å². The van der Waals surface area contributed by atoms with Gasteiger partial charge < -0.3 is 14.2 Å². The van der Waals surface area contributed by atoms with E-state index in [9.17, 15) is 4.79 Å². The number of nitrogens with zero attached hydrogens (tertiary/aromatic N) is 1. The van der Waals surface area contributed by atoms with E-state index in [1.165, 1.54) is 7.11 Å². The number of hydrogen-bond acceptors (Lipinski definition) is 4. The smallest absolute Gasteiger partial charge is 0.414 e. The van der Waals surface area contributed by atoms with Gasteiger partial charge in [0.2, 0.25) is 0 Å². The highest BCUT2D eigenvalue weighted by Gasteiger charge is 2.28. The fourth-order valence-electron chi connectivity index (χ4n) is 2.99. The molecule has 0 aliphatic carbocycles. The average Bonchev–Trinajstić information content (AvgIpc) is 3.04. The van der Waals surface area contributed by atoms with Gasteiger partial charge in [0.15, 0.2) is 11.5 Å². The van der Waals surface area contributed by atoms with E-state index in [0.717, 1.165) is 28.8 Å². The molecule has 0 saturated heterocycles. The summed E-state index contributed by atoms with van der Waals surface area (Å²) in [5.74, 6) is 1.33. The molecule has 0 unspecified atom stereocenters. The molecule has 1 amide bonds. The van der Waals surface area contributed by atoms with Gasteiger partial charge in [0.25, 0.3) is 0 Å². The van der Waals surface area contributed by atoms with Crippen LogP contribution in [-0.4, -0.2) is 34.0 Å². The molecule has 2 aromatic carbocycles. The van der Waals surface area contributed by atoms with E-state index in [-0.39, 0.29) is 6.09 Å². The highest BCUT2D eigenvalue weighted by molar-refractivity contribution is 5.97. The molecule has 0 atom stereocenters. The molecule has 0 N–H and O–H groups in total. The van der Waals surface area contributed by atoms with Crippen LogP contribution in [0.25, 0.3) is 11.1 Å². The molecule has 2 aromatic rings. The van der Waals surface area contributed by atoms with Gasteiger partial charge in [-0.1, -0.05) is 24.3 Å². The predicted octanol–water partition coefficient (Wildman–Crippen LogP) is 3.50. The van der Waals surface area contributed by atoms with E-state index in [1.54, 1.807) is 19.1 Å². The number of carbonyl (C=O) groups excluding carboxylic acids is 1. The summed E-state index contributed by atoms with van der Waals surface area (Å²) in [4.78, 5) is 13.7. The Balaban J connectivity index is 2.12. The molecule has 1 aliphatic heterocycles. The third-order valence-electron chi connectivity index (χ3n) is 4.08. The number of carbonyl (C=O) groups is 1. The van der Waals surface area contributed by atoms with Crippen LogP contribution in [0.4, 0.5) is 10.5 Å². The standard InChI is InChI=1S/C18H19NO4/c1-21-15-8-7-13(11-16(15)22-2)14-6-4-5-12-9-10-19(17(12)14)18(20)23-3/h4-8,11H,9-10H2,1-3H3. The van der Waals surface area contributed by atoms with Crippen molar-refractivity contribution in [1.82, 2.24) is 0 Å². The second-order valence-corrected chi connectivity index (χ2v) is 5.25. The van der Waals surface area contributed by atoms with E-state index >= 15 is 0 Å². The largest absolute Gasteiger partial charge is 0.493 e. The van der Waals surface area contributed by atoms with Gasteiger partial charge in [-0.25, -0.2) is 4.79 Å². The minimum Gasteiger partial charge on any atom is -0.493 e. The fraction of sp³-hybridized carbons (Fsp3) is 0.278. The van der Waals surface area contributed by atoms with Crippen molar-refractivity contribution in [2.75, 3.05) is 32.8 Å². The minimum atomic E-state index is -0.336. The van der Waals surface area contributed by atoms with Crippen LogP contribution in [0.1, 0.15) is 5.56 Å². The third-order valence-corrected chi connectivity index (χ3v) is 4.08. The van der Waals surface area contributed by atoms with E-state index in [4.69, 9.17) is 14.2 Å². The van der Waals surface area contributed by atoms with Gasteiger partial charge in [-0.2, -0.15) is 0 Å². The minimum absolute atomic E-state index is 0.336. The summed E-state index contributed by atoms with van der Waals surface area (Å²) in [7, 11) is 4.62. The molecule has 0 saturated carbocycles. The number of methoxy groups -OCH3 is 3. The first kappa shape index (κ1) is 15.2. The Morgan fingerprint density at radius 2 is 1.83 bits per heavy atom. The highest BCUT2D eigenvalue weighted by Crippen LogP contribution is 2.41. The van der Waals surface area contributed by atoms with E-state index < -0.39 is 0 Å². The van der Waals surface area contributed by atoms with Crippen molar-refractivity contribution >= 4 is 11.8 Å². The van der Waals surface area contributed by atoms with Crippen molar-refractivity contribution in [2.45, 2.75) is 6.42 Å². The molecule has 1 heterocycles. The van der Waals surface area contributed by atoms with Crippen LogP contribution in [0.2, 0.25) is 0 Å². The van der Waals surface area contributed by atoms with Gasteiger partial charge in [-0.05, 0) is 29.7 Å². The average molecular weight is 313 g/mol. The zero-order chi connectivity index (χ0) is 16.4. The third kappa shape index (κ3) is 2.59. The zero-order valence-electron chi connectivity index (χ0n) is 13.5. The maximum Gasteiger partial charge on any atom is 0.414 e. The monoisotopic (exact) mass is 313 g/mol. The molecular weight excluding hydrogens is 294 g/mol. The number of benzene rings is 2. The molecule has 3 rings (SSSR count). The van der Waals surface area contributed by atoms with Gasteiger partial charge in [-0.15, -0.1) is 0 Å². The van der Waals surface area contributed by atoms with Crippen LogP contribution in [0.3, 0.4) is 0 Å². The first-order chi connectivity index (χ1) is 11.2. The molecule has 1 aliphatic rings. The Bertz CT molecular complexity index is 742. The maximum absolute atomic E-state index is 12.0. The Morgan fingerprint density at radius 1 is 1.04 bits per heavy atom. The number of ether oxygens (including phenoxy) is 3. The first-order valence-corrected chi connectivity index (χ1v) is 7.39. The van der Waals surface area contributed by atoms with Crippen LogP contribution >= 0.6 is 0 Å². The summed E-state index contributed by atoms with van der Waals surface area (Å²) in [6.07, 6.45) is 0.489. The second kappa shape index (κ2) is 6.20. The topological polar surface area (TPSA) is 48.0 Å². The summed E-state index contributed by atoms with van der Waals surface area (Å²) < 4.78 is 15.6. The summed E-state index contributed by atoms with van der Waals surface area (Å²) in [6, 6.07) is 11.8. The molecule has 5 nitrogen and oxygen atoms in total. The lowest BCUT2D eigenvalue weighted by Gasteiger charge is -2.19. The normalized spacial score (nSPS) is 12.7. The van der Waals surface area contributed by atoms with Gasteiger partial charge in [0.05, 0.1) is 27.0 Å². The van der Waals surface area contributed by atoms with Crippen LogP contribution in [-0.2, 0) is 11.2 Å². The second-order valence-electron chi connectivity index (χ2n) is 5.25. The number of anilines is 1. The number of fused-ring (bicyclic) bond motifs is 1. The SMILES string of the molecule is COC(=O)N1CCc2cccc(-c3ccc(OC)c(OC)c3)c21. The molecule has 0 fully saturated rings. The van der Waals surface area contributed by atoms with Crippen LogP contribution in [0.5, 0.6) is 11.5 Å². The maximum atomic E-state index is 12.0. The molecular formula is C18H19NO4. The summed E-state index contributed by atoms with van der Waals surface area (Å²) in [5.41, 5.74) is 4.00. The van der Waals surface area contributed by atoms with Crippen molar-refractivity contribution in [3.8, 4) is 22.6 Å². The van der Waals surface area contributed by atoms with Crippen molar-refractivity contribution in [1.29, 1.82) is 0 Å². The number of rotatable bonds is 3. The molecule has 5 heteroatoms. The number of hydrogen-bond donors (Lipinski definition) is 0. The van der Waals surface area contributed by atoms with E-state index in [1.807, 2.05) is 36.4 Å². The Labute approximate surface area is 135 Å². The highest BCUT2D eigenvalue weighted by atomic mass is 16.5. The molecule has 0 radical (unpaired) electrons. The van der Waals surface area contributed by atoms with Gasteiger partial charge in [0, 0.05) is 12.1 Å². The van der Waals surface area contributed by atoms with Crippen molar-refractivity contribution < 1.29 is 19.0 Å². The molecule has 0 bridgehead atoms. The lowest BCUT2D eigenvalue weighted by atomic mass is 10.00. The Hall–Kier alpha value is -2.69. The number of para-hydroxylation sites is 1. The molecule has 120 valence electrons. The quantitative estimate of drug-likeness (QED) is 0.870. The lowest BCUT2D eigenvalue weighted by molar-refractivity contribution is 0.179. The Kier molecular flexibility index (Phi) is 4.10. The van der Waals surface area contributed by atoms with E-state index in [0.29, 0.717) is 18.0 Å². The molecule has 23 heavy (non-hydrogen) atoms. The Morgan fingerprint density at radius 3 is 2.52 bits per heavy atom. The predicted molar refractivity (Wildman–Crippen MR) is 88.4 cm³/mol. The summed E-state index contributed by atoms with van der Waals surface area (Å²) in [5, 5.41) is 0. The van der Waals surface area contributed by atoms with Gasteiger partial charge in [-0.3, -0.25) is 4.90 Å².